The quantitative estimate of drug-likeness (QED) is 0.452. The molecule has 0 heterocycles. The zero-order chi connectivity index (χ0) is 17.5. The number of ether oxygens (including phenoxy) is 2. The molecule has 0 aliphatic rings. The molecule has 0 unspecified atom stereocenters. The maximum absolute atomic E-state index is 11.9. The van der Waals surface area contributed by atoms with Crippen LogP contribution in [0.1, 0.15) is 13.8 Å². The maximum Gasteiger partial charge on any atom is 0.369 e. The van der Waals surface area contributed by atoms with Crippen molar-refractivity contribution in [2.75, 3.05) is 24.9 Å². The standard InChI is InChI=1S/C14H17N3O5S/c1-4-22-14(18)12(9-15)17-16-11-8-10(23(19,20)5-2)6-7-13(11)21-3/h6-8,16H,4-5H2,1-3H3. The van der Waals surface area contributed by atoms with Crippen LogP contribution in [0.4, 0.5) is 5.69 Å². The van der Waals surface area contributed by atoms with Crippen LogP contribution >= 0.6 is 0 Å². The van der Waals surface area contributed by atoms with E-state index in [0.29, 0.717) is 5.75 Å². The average molecular weight is 339 g/mol. The molecule has 23 heavy (non-hydrogen) atoms. The van der Waals surface area contributed by atoms with Crippen LogP contribution in [0, 0.1) is 11.3 Å². The number of benzene rings is 1. The molecule has 1 aromatic rings. The van der Waals surface area contributed by atoms with Crippen molar-refractivity contribution in [3.05, 3.63) is 18.2 Å². The molecule has 1 aromatic carbocycles. The normalized spacial score (nSPS) is 11.5. The van der Waals surface area contributed by atoms with E-state index in [-0.39, 0.29) is 22.9 Å². The van der Waals surface area contributed by atoms with Crippen LogP contribution in [0.2, 0.25) is 0 Å². The summed E-state index contributed by atoms with van der Waals surface area (Å²) in [4.78, 5) is 11.6. The fourth-order valence-electron chi connectivity index (χ4n) is 1.57. The van der Waals surface area contributed by atoms with Gasteiger partial charge in [0.2, 0.25) is 5.71 Å². The van der Waals surface area contributed by atoms with E-state index in [4.69, 9.17) is 10.00 Å². The highest BCUT2D eigenvalue weighted by Crippen LogP contribution is 2.28. The van der Waals surface area contributed by atoms with Crippen molar-refractivity contribution in [3.63, 3.8) is 0 Å². The van der Waals surface area contributed by atoms with Crippen LogP contribution in [0.15, 0.2) is 28.2 Å². The zero-order valence-electron chi connectivity index (χ0n) is 13.0. The minimum Gasteiger partial charge on any atom is -0.495 e. The van der Waals surface area contributed by atoms with Gasteiger partial charge in [-0.1, -0.05) is 6.92 Å². The third-order valence-corrected chi connectivity index (χ3v) is 4.51. The van der Waals surface area contributed by atoms with E-state index in [1.54, 1.807) is 13.0 Å². The van der Waals surface area contributed by atoms with Crippen LogP contribution in [-0.2, 0) is 19.4 Å². The predicted molar refractivity (Wildman–Crippen MR) is 84.0 cm³/mol. The molecule has 0 aliphatic carbocycles. The number of carbonyl (C=O) groups is 1. The largest absolute Gasteiger partial charge is 0.495 e. The summed E-state index contributed by atoms with van der Waals surface area (Å²) in [6.07, 6.45) is 0. The third-order valence-electron chi connectivity index (χ3n) is 2.77. The molecule has 0 saturated heterocycles. The van der Waals surface area contributed by atoms with Crippen molar-refractivity contribution in [3.8, 4) is 11.8 Å². The average Bonchev–Trinajstić information content (AvgIpc) is 2.55. The molecule has 1 N–H and O–H groups in total. The van der Waals surface area contributed by atoms with Crippen molar-refractivity contribution in [2.45, 2.75) is 18.7 Å². The highest BCUT2D eigenvalue weighted by atomic mass is 32.2. The summed E-state index contributed by atoms with van der Waals surface area (Å²) < 4.78 is 33.6. The molecule has 0 saturated carbocycles. The van der Waals surface area contributed by atoms with Gasteiger partial charge < -0.3 is 9.47 Å². The van der Waals surface area contributed by atoms with Gasteiger partial charge in [0.05, 0.1) is 30.1 Å². The van der Waals surface area contributed by atoms with Gasteiger partial charge in [-0.3, -0.25) is 5.43 Å². The number of nitriles is 1. The van der Waals surface area contributed by atoms with E-state index in [1.165, 1.54) is 32.2 Å². The molecule has 0 atom stereocenters. The number of sulfone groups is 1. The van der Waals surface area contributed by atoms with Crippen molar-refractivity contribution in [1.82, 2.24) is 0 Å². The van der Waals surface area contributed by atoms with E-state index in [1.807, 2.05) is 0 Å². The first-order valence-corrected chi connectivity index (χ1v) is 8.36. The number of nitrogens with one attached hydrogen (secondary N) is 1. The molecule has 124 valence electrons. The summed E-state index contributed by atoms with van der Waals surface area (Å²) in [6, 6.07) is 5.79. The van der Waals surface area contributed by atoms with Crippen LogP contribution in [0.25, 0.3) is 0 Å². The molecule has 0 aromatic heterocycles. The number of anilines is 1. The monoisotopic (exact) mass is 339 g/mol. The Morgan fingerprint density at radius 1 is 1.39 bits per heavy atom. The molecule has 1 rings (SSSR count). The number of nitrogens with zero attached hydrogens (tertiary/aromatic N) is 2. The van der Waals surface area contributed by atoms with Crippen LogP contribution < -0.4 is 10.2 Å². The summed E-state index contributed by atoms with van der Waals surface area (Å²) >= 11 is 0. The Morgan fingerprint density at radius 2 is 2.09 bits per heavy atom. The molecular weight excluding hydrogens is 322 g/mol. The Balaban J connectivity index is 3.19. The van der Waals surface area contributed by atoms with Gasteiger partial charge in [-0.05, 0) is 25.1 Å². The smallest absolute Gasteiger partial charge is 0.369 e. The van der Waals surface area contributed by atoms with Crippen molar-refractivity contribution in [1.29, 1.82) is 5.26 Å². The van der Waals surface area contributed by atoms with Gasteiger partial charge in [0, 0.05) is 0 Å². The van der Waals surface area contributed by atoms with Crippen LogP contribution in [0.3, 0.4) is 0 Å². The zero-order valence-corrected chi connectivity index (χ0v) is 13.8. The maximum atomic E-state index is 11.9. The molecular formula is C14H17N3O5S. The van der Waals surface area contributed by atoms with E-state index < -0.39 is 21.5 Å². The van der Waals surface area contributed by atoms with E-state index in [0.717, 1.165) is 0 Å². The number of hydrogen-bond acceptors (Lipinski definition) is 8. The topological polar surface area (TPSA) is 118 Å². The first-order chi connectivity index (χ1) is 10.9. The molecule has 0 fully saturated rings. The lowest BCUT2D eigenvalue weighted by Crippen LogP contribution is -2.17. The molecule has 0 bridgehead atoms. The number of hydrogen-bond donors (Lipinski definition) is 1. The van der Waals surface area contributed by atoms with Gasteiger partial charge in [-0.15, -0.1) is 0 Å². The Hall–Kier alpha value is -2.60. The second-order valence-corrected chi connectivity index (χ2v) is 6.45. The summed E-state index contributed by atoms with van der Waals surface area (Å²) in [7, 11) is -2.02. The van der Waals surface area contributed by atoms with E-state index >= 15 is 0 Å². The fraction of sp³-hybridized carbons (Fsp3) is 0.357. The third kappa shape index (κ3) is 4.69. The summed E-state index contributed by atoms with van der Waals surface area (Å²) in [5.41, 5.74) is 2.19. The summed E-state index contributed by atoms with van der Waals surface area (Å²) in [5.74, 6) is -0.627. The molecule has 0 amide bonds. The second kappa shape index (κ2) is 8.14. The van der Waals surface area contributed by atoms with Crippen LogP contribution in [0.5, 0.6) is 5.75 Å². The van der Waals surface area contributed by atoms with E-state index in [9.17, 15) is 13.2 Å². The summed E-state index contributed by atoms with van der Waals surface area (Å²) in [5, 5.41) is 12.5. The number of esters is 1. The van der Waals surface area contributed by atoms with Crippen LogP contribution in [-0.4, -0.2) is 39.6 Å². The van der Waals surface area contributed by atoms with Gasteiger partial charge in [0.25, 0.3) is 0 Å². The lowest BCUT2D eigenvalue weighted by molar-refractivity contribution is -0.134. The minimum atomic E-state index is -3.42. The first-order valence-electron chi connectivity index (χ1n) is 6.71. The SMILES string of the molecule is CCOC(=O)C(C#N)=NNc1cc(S(=O)(=O)CC)ccc1OC. The summed E-state index contributed by atoms with van der Waals surface area (Å²) in [6.45, 7) is 3.23. The van der Waals surface area contributed by atoms with Crippen molar-refractivity contribution >= 4 is 27.2 Å². The lowest BCUT2D eigenvalue weighted by atomic mass is 10.3. The molecule has 0 radical (unpaired) electrons. The Morgan fingerprint density at radius 3 is 2.61 bits per heavy atom. The second-order valence-electron chi connectivity index (χ2n) is 4.17. The number of rotatable bonds is 7. The van der Waals surface area contributed by atoms with Gasteiger partial charge in [0.15, 0.2) is 9.84 Å². The van der Waals surface area contributed by atoms with E-state index in [2.05, 4.69) is 15.3 Å². The fourth-order valence-corrected chi connectivity index (χ4v) is 2.47. The van der Waals surface area contributed by atoms with Gasteiger partial charge in [-0.25, -0.2) is 13.2 Å². The molecule has 0 spiro atoms. The highest BCUT2D eigenvalue weighted by molar-refractivity contribution is 7.91. The Bertz CT molecular complexity index is 750. The minimum absolute atomic E-state index is 0.0612. The van der Waals surface area contributed by atoms with Crippen molar-refractivity contribution in [2.24, 2.45) is 5.10 Å². The number of methoxy groups -OCH3 is 1. The first kappa shape index (κ1) is 18.4. The lowest BCUT2D eigenvalue weighted by Gasteiger charge is -2.10. The molecule has 9 heteroatoms. The van der Waals surface area contributed by atoms with Gasteiger partial charge >= 0.3 is 5.97 Å². The number of carbonyl (C=O) groups excluding carboxylic acids is 1. The Kier molecular flexibility index (Phi) is 6.53. The van der Waals surface area contributed by atoms with Crippen molar-refractivity contribution < 1.29 is 22.7 Å². The predicted octanol–water partition coefficient (Wildman–Crippen LogP) is 1.34. The molecule has 8 nitrogen and oxygen atoms in total. The Labute approximate surface area is 134 Å². The molecule has 0 aliphatic heterocycles. The number of hydrazone groups is 1. The highest BCUT2D eigenvalue weighted by Gasteiger charge is 2.16. The van der Waals surface area contributed by atoms with Gasteiger partial charge in [0.1, 0.15) is 11.8 Å². The van der Waals surface area contributed by atoms with Gasteiger partial charge in [-0.2, -0.15) is 10.4 Å².